The first kappa shape index (κ1) is 20.3. The third-order valence-corrected chi connectivity index (χ3v) is 3.15. The Kier molecular flexibility index (Phi) is 9.24. The molecule has 0 atom stereocenters. The van der Waals surface area contributed by atoms with Gasteiger partial charge in [0.25, 0.3) is 0 Å². The summed E-state index contributed by atoms with van der Waals surface area (Å²) in [6, 6.07) is 5.93. The predicted molar refractivity (Wildman–Crippen MR) is 88.5 cm³/mol. The summed E-state index contributed by atoms with van der Waals surface area (Å²) in [4.78, 5) is 6.27. The summed E-state index contributed by atoms with van der Waals surface area (Å²) in [5, 5.41) is 3.88. The minimum absolute atomic E-state index is 0. The van der Waals surface area contributed by atoms with E-state index in [1.54, 1.807) is 19.2 Å². The Morgan fingerprint density at radius 1 is 1.21 bits per heavy atom. The number of hydrogen-bond donors (Lipinski definition) is 1. The molecule has 2 rings (SSSR count). The molecule has 0 amide bonds. The minimum atomic E-state index is -0.285. The first-order valence-corrected chi connectivity index (χ1v) is 7.32. The molecular formula is C15H22ClFN4O3. The molecule has 2 aromatic rings. The average Bonchev–Trinajstić information content (AvgIpc) is 3.02. The molecule has 0 radical (unpaired) electrons. The van der Waals surface area contributed by atoms with Crippen LogP contribution in [0.1, 0.15) is 11.7 Å². The zero-order chi connectivity index (χ0) is 16.5. The molecule has 9 heteroatoms. The van der Waals surface area contributed by atoms with E-state index in [1.807, 2.05) is 0 Å². The monoisotopic (exact) mass is 360 g/mol. The van der Waals surface area contributed by atoms with Gasteiger partial charge in [-0.2, -0.15) is 4.98 Å². The third-order valence-electron chi connectivity index (χ3n) is 3.15. The van der Waals surface area contributed by atoms with Gasteiger partial charge in [0, 0.05) is 20.2 Å². The van der Waals surface area contributed by atoms with Crippen molar-refractivity contribution in [1.29, 1.82) is 0 Å². The number of methoxy groups -OCH3 is 1. The van der Waals surface area contributed by atoms with Crippen LogP contribution in [0.25, 0.3) is 0 Å². The van der Waals surface area contributed by atoms with Gasteiger partial charge in [-0.15, -0.1) is 12.4 Å². The lowest BCUT2D eigenvalue weighted by atomic mass is 10.3. The van der Waals surface area contributed by atoms with Crippen LogP contribution in [-0.2, 0) is 17.8 Å². The minimum Gasteiger partial charge on any atom is -0.492 e. The van der Waals surface area contributed by atoms with Crippen LogP contribution in [0, 0.1) is 5.82 Å². The molecular weight excluding hydrogens is 339 g/mol. The second-order valence-corrected chi connectivity index (χ2v) is 4.88. The van der Waals surface area contributed by atoms with Crippen LogP contribution in [0.15, 0.2) is 28.8 Å². The van der Waals surface area contributed by atoms with Crippen molar-refractivity contribution in [3.8, 4) is 5.75 Å². The molecule has 0 unspecified atom stereocenters. The van der Waals surface area contributed by atoms with E-state index in [2.05, 4.69) is 15.0 Å². The summed E-state index contributed by atoms with van der Waals surface area (Å²) >= 11 is 0. The molecule has 134 valence electrons. The van der Waals surface area contributed by atoms with Crippen LogP contribution in [-0.4, -0.2) is 48.5 Å². The second-order valence-electron chi connectivity index (χ2n) is 4.88. The second kappa shape index (κ2) is 10.9. The Hall–Kier alpha value is -1.74. The van der Waals surface area contributed by atoms with Crippen molar-refractivity contribution in [2.75, 3.05) is 33.4 Å². The van der Waals surface area contributed by atoms with Crippen molar-refractivity contribution in [2.45, 2.75) is 13.1 Å². The summed E-state index contributed by atoms with van der Waals surface area (Å²) in [5.74, 6) is 1.33. The molecule has 7 nitrogen and oxygen atoms in total. The van der Waals surface area contributed by atoms with Gasteiger partial charge in [-0.1, -0.05) is 5.16 Å². The van der Waals surface area contributed by atoms with Gasteiger partial charge in [0.15, 0.2) is 5.82 Å². The standard InChI is InChI=1S/C15H21FN4O3.ClH/c1-21-8-6-20(11-14-18-15(10-17)23-19-14)7-9-22-13-4-2-12(16)3-5-13;/h2-5H,6-11,17H2,1H3;1H. The molecule has 0 bridgehead atoms. The highest BCUT2D eigenvalue weighted by Crippen LogP contribution is 2.11. The van der Waals surface area contributed by atoms with Gasteiger partial charge in [0.2, 0.25) is 5.89 Å². The highest BCUT2D eigenvalue weighted by Gasteiger charge is 2.11. The summed E-state index contributed by atoms with van der Waals surface area (Å²) in [6.45, 7) is 3.12. The maximum Gasteiger partial charge on any atom is 0.240 e. The van der Waals surface area contributed by atoms with Gasteiger partial charge in [-0.05, 0) is 24.3 Å². The summed E-state index contributed by atoms with van der Waals surface area (Å²) in [5.41, 5.74) is 5.45. The van der Waals surface area contributed by atoms with Gasteiger partial charge in [0.1, 0.15) is 18.2 Å². The van der Waals surface area contributed by atoms with Crippen molar-refractivity contribution >= 4 is 12.4 Å². The molecule has 0 saturated carbocycles. The molecule has 0 spiro atoms. The van der Waals surface area contributed by atoms with Crippen LogP contribution in [0.2, 0.25) is 0 Å². The van der Waals surface area contributed by atoms with Crippen LogP contribution in [0.4, 0.5) is 4.39 Å². The number of hydrogen-bond acceptors (Lipinski definition) is 7. The van der Waals surface area contributed by atoms with Crippen LogP contribution < -0.4 is 10.5 Å². The van der Waals surface area contributed by atoms with Crippen molar-refractivity contribution in [2.24, 2.45) is 5.73 Å². The van der Waals surface area contributed by atoms with Gasteiger partial charge >= 0.3 is 0 Å². The fourth-order valence-corrected chi connectivity index (χ4v) is 1.95. The Balaban J connectivity index is 0.00000288. The molecule has 0 aliphatic rings. The maximum absolute atomic E-state index is 12.8. The molecule has 24 heavy (non-hydrogen) atoms. The van der Waals surface area contributed by atoms with Crippen LogP contribution in [0.3, 0.4) is 0 Å². The summed E-state index contributed by atoms with van der Waals surface area (Å²) < 4.78 is 28.5. The van der Waals surface area contributed by atoms with E-state index in [0.717, 1.165) is 0 Å². The van der Waals surface area contributed by atoms with E-state index < -0.39 is 0 Å². The smallest absolute Gasteiger partial charge is 0.240 e. The Morgan fingerprint density at radius 2 is 1.92 bits per heavy atom. The van der Waals surface area contributed by atoms with Crippen molar-refractivity contribution in [3.63, 3.8) is 0 Å². The van der Waals surface area contributed by atoms with Gasteiger partial charge in [-0.25, -0.2) is 4.39 Å². The number of halogens is 2. The molecule has 0 saturated heterocycles. The quantitative estimate of drug-likeness (QED) is 0.688. The lowest BCUT2D eigenvalue weighted by Gasteiger charge is -2.20. The van der Waals surface area contributed by atoms with E-state index in [-0.39, 0.29) is 24.8 Å². The average molecular weight is 361 g/mol. The number of benzene rings is 1. The van der Waals surface area contributed by atoms with Crippen LogP contribution >= 0.6 is 12.4 Å². The number of rotatable bonds is 10. The first-order valence-electron chi connectivity index (χ1n) is 7.32. The number of nitrogens with zero attached hydrogens (tertiary/aromatic N) is 3. The number of ether oxygens (including phenoxy) is 2. The Labute approximate surface area is 146 Å². The predicted octanol–water partition coefficient (Wildman–Crippen LogP) is 1.62. The van der Waals surface area contributed by atoms with E-state index in [0.29, 0.717) is 50.3 Å². The van der Waals surface area contributed by atoms with Gasteiger partial charge in [-0.3, -0.25) is 4.90 Å². The van der Waals surface area contributed by atoms with E-state index in [4.69, 9.17) is 19.7 Å². The van der Waals surface area contributed by atoms with Crippen molar-refractivity contribution in [1.82, 2.24) is 15.0 Å². The highest BCUT2D eigenvalue weighted by molar-refractivity contribution is 5.85. The number of nitrogens with two attached hydrogens (primary N) is 1. The topological polar surface area (TPSA) is 86.6 Å². The van der Waals surface area contributed by atoms with Gasteiger partial charge < -0.3 is 19.7 Å². The van der Waals surface area contributed by atoms with Gasteiger partial charge in [0.05, 0.1) is 19.7 Å². The maximum atomic E-state index is 12.8. The number of aromatic nitrogens is 2. The van der Waals surface area contributed by atoms with Crippen molar-refractivity contribution in [3.05, 3.63) is 41.8 Å². The molecule has 1 heterocycles. The summed E-state index contributed by atoms with van der Waals surface area (Å²) in [7, 11) is 1.65. The molecule has 0 aliphatic heterocycles. The zero-order valence-corrected chi connectivity index (χ0v) is 14.3. The Bertz CT molecular complexity index is 582. The van der Waals surface area contributed by atoms with Crippen molar-refractivity contribution < 1.29 is 18.4 Å². The molecule has 0 aliphatic carbocycles. The molecule has 1 aromatic carbocycles. The third kappa shape index (κ3) is 6.79. The fourth-order valence-electron chi connectivity index (χ4n) is 1.95. The van der Waals surface area contributed by atoms with E-state index in [9.17, 15) is 4.39 Å². The lowest BCUT2D eigenvalue weighted by molar-refractivity contribution is 0.128. The molecule has 2 N–H and O–H groups in total. The molecule has 1 aromatic heterocycles. The molecule has 0 fully saturated rings. The summed E-state index contributed by atoms with van der Waals surface area (Å²) in [6.07, 6.45) is 0. The zero-order valence-electron chi connectivity index (χ0n) is 13.5. The van der Waals surface area contributed by atoms with E-state index >= 15 is 0 Å². The first-order chi connectivity index (χ1) is 11.2. The largest absolute Gasteiger partial charge is 0.492 e. The lowest BCUT2D eigenvalue weighted by Crippen LogP contribution is -2.31. The fraction of sp³-hybridized carbons (Fsp3) is 0.467. The van der Waals surface area contributed by atoms with E-state index in [1.165, 1.54) is 12.1 Å². The SMILES string of the molecule is COCCN(CCOc1ccc(F)cc1)Cc1noc(CN)n1.Cl. The van der Waals surface area contributed by atoms with Crippen LogP contribution in [0.5, 0.6) is 5.75 Å². The normalized spacial score (nSPS) is 10.7. The highest BCUT2D eigenvalue weighted by atomic mass is 35.5. The Morgan fingerprint density at radius 3 is 2.54 bits per heavy atom.